The number of Topliss-reactive ketones (excluding diaryl/α,β-unsaturated/α-hetero) is 1. The lowest BCUT2D eigenvalue weighted by Crippen LogP contribution is -2.43. The lowest BCUT2D eigenvalue weighted by molar-refractivity contribution is -0.133. The Morgan fingerprint density at radius 2 is 1.75 bits per heavy atom. The van der Waals surface area contributed by atoms with E-state index in [4.69, 9.17) is 9.84 Å². The average molecular weight is 288 g/mol. The minimum atomic E-state index is -1.47. The summed E-state index contributed by atoms with van der Waals surface area (Å²) in [5.41, 5.74) is -0.666. The lowest BCUT2D eigenvalue weighted by Gasteiger charge is -2.21. The Hall–Kier alpha value is -2.12. The van der Waals surface area contributed by atoms with Gasteiger partial charge in [-0.1, -0.05) is 0 Å². The fraction of sp³-hybridized carbons (Fsp3) is 0.667. The number of alkyl carbamates (subject to hydrolysis) is 1. The molecule has 0 aromatic rings. The minimum Gasteiger partial charge on any atom is -0.465 e. The zero-order valence-corrected chi connectivity index (χ0v) is 12.1. The predicted octanol–water partition coefficient (Wildman–Crippen LogP) is 0.997. The van der Waals surface area contributed by atoms with Crippen molar-refractivity contribution in [1.82, 2.24) is 10.2 Å². The highest BCUT2D eigenvalue weighted by Gasteiger charge is 2.22. The summed E-state index contributed by atoms with van der Waals surface area (Å²) in [4.78, 5) is 45.0. The Bertz CT molecular complexity index is 399. The fourth-order valence-electron chi connectivity index (χ4n) is 1.22. The van der Waals surface area contributed by atoms with Crippen LogP contribution in [0.5, 0.6) is 0 Å². The van der Waals surface area contributed by atoms with E-state index in [1.54, 1.807) is 20.8 Å². The summed E-state index contributed by atoms with van der Waals surface area (Å²) in [7, 11) is 0. The highest BCUT2D eigenvalue weighted by Crippen LogP contribution is 2.06. The smallest absolute Gasteiger partial charge is 0.414 e. The largest absolute Gasteiger partial charge is 0.465 e. The van der Waals surface area contributed by atoms with Gasteiger partial charge in [-0.25, -0.2) is 14.5 Å². The van der Waals surface area contributed by atoms with Crippen molar-refractivity contribution in [3.63, 3.8) is 0 Å². The van der Waals surface area contributed by atoms with Crippen molar-refractivity contribution in [2.24, 2.45) is 0 Å². The quantitative estimate of drug-likeness (QED) is 0.729. The molecule has 20 heavy (non-hydrogen) atoms. The van der Waals surface area contributed by atoms with Gasteiger partial charge in [-0.2, -0.15) is 0 Å². The number of carbonyl (C=O) groups is 4. The molecular weight excluding hydrogens is 268 g/mol. The average Bonchev–Trinajstić information content (AvgIpc) is 2.19. The van der Waals surface area contributed by atoms with Gasteiger partial charge in [0.05, 0.1) is 6.42 Å². The molecule has 0 bridgehead atoms. The Morgan fingerprint density at radius 3 is 2.15 bits per heavy atom. The first-order valence-electron chi connectivity index (χ1n) is 6.02. The van der Waals surface area contributed by atoms with Crippen LogP contribution in [0.3, 0.4) is 0 Å². The van der Waals surface area contributed by atoms with Crippen LogP contribution in [0, 0.1) is 0 Å². The van der Waals surface area contributed by atoms with Gasteiger partial charge in [0.25, 0.3) is 0 Å². The van der Waals surface area contributed by atoms with Crippen LogP contribution in [0.4, 0.5) is 9.59 Å². The molecular formula is C12H20N2O6. The van der Waals surface area contributed by atoms with Crippen LogP contribution in [-0.2, 0) is 14.3 Å². The molecule has 2 N–H and O–H groups in total. The van der Waals surface area contributed by atoms with E-state index in [0.29, 0.717) is 4.90 Å². The van der Waals surface area contributed by atoms with E-state index in [0.717, 1.165) is 0 Å². The van der Waals surface area contributed by atoms with Gasteiger partial charge < -0.3 is 15.2 Å². The molecule has 0 aromatic carbocycles. The molecule has 8 nitrogen and oxygen atoms in total. The second-order valence-electron chi connectivity index (χ2n) is 5.14. The second kappa shape index (κ2) is 7.46. The number of ketones is 1. The molecule has 0 aliphatic rings. The van der Waals surface area contributed by atoms with Crippen molar-refractivity contribution < 1.29 is 29.0 Å². The van der Waals surface area contributed by atoms with Crippen LogP contribution in [-0.4, -0.2) is 52.6 Å². The van der Waals surface area contributed by atoms with Crippen molar-refractivity contribution in [2.45, 2.75) is 39.7 Å². The highest BCUT2D eigenvalue weighted by molar-refractivity contribution is 6.02. The Morgan fingerprint density at radius 1 is 1.20 bits per heavy atom. The maximum atomic E-state index is 11.5. The van der Waals surface area contributed by atoms with Crippen molar-refractivity contribution >= 4 is 23.9 Å². The number of amides is 3. The minimum absolute atomic E-state index is 0.0924. The van der Waals surface area contributed by atoms with E-state index in [2.05, 4.69) is 5.32 Å². The van der Waals surface area contributed by atoms with Gasteiger partial charge in [-0.3, -0.25) is 9.59 Å². The number of nitrogens with one attached hydrogen (secondary N) is 1. The van der Waals surface area contributed by atoms with E-state index in [1.807, 2.05) is 0 Å². The van der Waals surface area contributed by atoms with Crippen LogP contribution < -0.4 is 5.32 Å². The monoisotopic (exact) mass is 288 g/mol. The molecule has 0 aromatic heterocycles. The predicted molar refractivity (Wildman–Crippen MR) is 69.3 cm³/mol. The number of carboxylic acid groups (broad SMARTS) is 1. The highest BCUT2D eigenvalue weighted by atomic mass is 16.6. The number of carbonyl (C=O) groups excluding carboxylic acids is 3. The van der Waals surface area contributed by atoms with Gasteiger partial charge in [0, 0.05) is 13.1 Å². The van der Waals surface area contributed by atoms with Gasteiger partial charge in [-0.15, -0.1) is 0 Å². The Labute approximate surface area is 117 Å². The van der Waals surface area contributed by atoms with Crippen LogP contribution in [0.2, 0.25) is 0 Å². The summed E-state index contributed by atoms with van der Waals surface area (Å²) in [5.74, 6) is -1.25. The fourth-order valence-corrected chi connectivity index (χ4v) is 1.22. The summed E-state index contributed by atoms with van der Waals surface area (Å²) in [6.07, 6.45) is -2.66. The Balaban J connectivity index is 4.30. The molecule has 3 amide bonds. The summed E-state index contributed by atoms with van der Waals surface area (Å²) in [6, 6.07) is 0. The maximum absolute atomic E-state index is 11.5. The normalized spacial score (nSPS) is 10.6. The van der Waals surface area contributed by atoms with Crippen LogP contribution in [0.15, 0.2) is 0 Å². The van der Waals surface area contributed by atoms with E-state index < -0.39 is 35.9 Å². The van der Waals surface area contributed by atoms with Gasteiger partial charge >= 0.3 is 12.2 Å². The van der Waals surface area contributed by atoms with Crippen molar-refractivity contribution in [3.8, 4) is 0 Å². The van der Waals surface area contributed by atoms with E-state index in [1.165, 1.54) is 6.92 Å². The van der Waals surface area contributed by atoms with E-state index in [-0.39, 0.29) is 13.1 Å². The van der Waals surface area contributed by atoms with Gasteiger partial charge in [-0.05, 0) is 27.7 Å². The zero-order valence-electron chi connectivity index (χ0n) is 12.1. The first kappa shape index (κ1) is 17.9. The molecule has 0 aliphatic carbocycles. The van der Waals surface area contributed by atoms with Crippen molar-refractivity contribution in [2.75, 3.05) is 13.1 Å². The topological polar surface area (TPSA) is 113 Å². The number of hydrogen-bond acceptors (Lipinski definition) is 5. The molecule has 0 saturated carbocycles. The third-order valence-electron chi connectivity index (χ3n) is 1.94. The number of imide groups is 1. The molecule has 0 saturated heterocycles. The van der Waals surface area contributed by atoms with Gasteiger partial charge in [0.2, 0.25) is 5.91 Å². The maximum Gasteiger partial charge on any atom is 0.414 e. The number of nitrogens with zero attached hydrogens (tertiary/aromatic N) is 1. The molecule has 114 valence electrons. The first-order chi connectivity index (χ1) is 9.03. The molecule has 0 spiro atoms. The number of rotatable bonds is 5. The molecule has 0 unspecified atom stereocenters. The van der Waals surface area contributed by atoms with E-state index in [9.17, 15) is 19.2 Å². The van der Waals surface area contributed by atoms with Crippen LogP contribution in [0.25, 0.3) is 0 Å². The molecule has 0 rings (SSSR count). The van der Waals surface area contributed by atoms with Gasteiger partial charge in [0.15, 0.2) is 0 Å². The van der Waals surface area contributed by atoms with Crippen LogP contribution in [0.1, 0.15) is 34.1 Å². The van der Waals surface area contributed by atoms with Crippen LogP contribution >= 0.6 is 0 Å². The van der Waals surface area contributed by atoms with Crippen molar-refractivity contribution in [1.29, 1.82) is 0 Å². The summed E-state index contributed by atoms with van der Waals surface area (Å²) < 4.78 is 4.95. The third-order valence-corrected chi connectivity index (χ3v) is 1.94. The standard InChI is InChI=1S/C12H20N2O6/c1-8(15)7-9(16)14(11(18)19)6-5-13-10(17)20-12(2,3)4/h5-7H2,1-4H3,(H,13,17)(H,18,19). The molecule has 0 heterocycles. The molecule has 0 fully saturated rings. The SMILES string of the molecule is CC(=O)CC(=O)N(CCNC(=O)OC(C)(C)C)C(=O)O. The van der Waals surface area contributed by atoms with Gasteiger partial charge in [0.1, 0.15) is 11.4 Å². The second-order valence-corrected chi connectivity index (χ2v) is 5.14. The van der Waals surface area contributed by atoms with E-state index >= 15 is 0 Å². The lowest BCUT2D eigenvalue weighted by atomic mass is 10.2. The summed E-state index contributed by atoms with van der Waals surface area (Å²) >= 11 is 0. The first-order valence-corrected chi connectivity index (χ1v) is 6.02. The molecule has 0 aliphatic heterocycles. The molecule has 0 radical (unpaired) electrons. The summed E-state index contributed by atoms with van der Waals surface area (Å²) in [6.45, 7) is 5.91. The zero-order chi connectivity index (χ0) is 15.9. The Kier molecular flexibility index (Phi) is 6.67. The van der Waals surface area contributed by atoms with Crippen molar-refractivity contribution in [3.05, 3.63) is 0 Å². The molecule has 0 atom stereocenters. The number of ether oxygens (including phenoxy) is 1. The summed E-state index contributed by atoms with van der Waals surface area (Å²) in [5, 5.41) is 11.2. The third kappa shape index (κ3) is 8.06. The number of hydrogen-bond donors (Lipinski definition) is 2. The molecule has 8 heteroatoms.